The molecule has 1 atom stereocenters. The van der Waals surface area contributed by atoms with E-state index in [-0.39, 0.29) is 12.7 Å². The molecule has 1 heterocycles. The van der Waals surface area contributed by atoms with Crippen molar-refractivity contribution in [2.75, 3.05) is 6.79 Å². The molecule has 0 spiro atoms. The smallest absolute Gasteiger partial charge is 0.261 e. The summed E-state index contributed by atoms with van der Waals surface area (Å²) in [6, 6.07) is 11.5. The van der Waals surface area contributed by atoms with Crippen molar-refractivity contribution in [3.8, 4) is 17.2 Å². The van der Waals surface area contributed by atoms with Gasteiger partial charge in [0.2, 0.25) is 6.79 Å². The Labute approximate surface area is 141 Å². The Bertz CT molecular complexity index is 757. The van der Waals surface area contributed by atoms with Crippen LogP contribution in [0.15, 0.2) is 36.4 Å². The van der Waals surface area contributed by atoms with E-state index >= 15 is 0 Å². The highest BCUT2D eigenvalue weighted by molar-refractivity contribution is 5.80. The Kier molecular flexibility index (Phi) is 4.60. The highest BCUT2D eigenvalue weighted by Crippen LogP contribution is 2.32. The first-order valence-electron chi connectivity index (χ1n) is 7.93. The molecule has 1 amide bonds. The molecule has 0 unspecified atom stereocenters. The fourth-order valence-corrected chi connectivity index (χ4v) is 2.56. The Morgan fingerprint density at radius 2 is 1.96 bits per heavy atom. The standard InChI is InChI=1S/C19H21NO4/c1-12-4-6-16(13(2)8-12)24-14(3)19(21)20-10-15-5-7-17-18(9-15)23-11-22-17/h4-9,14H,10-11H2,1-3H3,(H,20,21)/t14-/m0/s1. The molecule has 2 aromatic carbocycles. The number of rotatable bonds is 5. The first-order chi connectivity index (χ1) is 11.5. The Hall–Kier alpha value is -2.69. The van der Waals surface area contributed by atoms with Crippen molar-refractivity contribution >= 4 is 5.91 Å². The quantitative estimate of drug-likeness (QED) is 0.917. The van der Waals surface area contributed by atoms with Crippen molar-refractivity contribution < 1.29 is 19.0 Å². The lowest BCUT2D eigenvalue weighted by molar-refractivity contribution is -0.127. The van der Waals surface area contributed by atoms with Gasteiger partial charge in [0.1, 0.15) is 5.75 Å². The van der Waals surface area contributed by atoms with Crippen LogP contribution in [0.5, 0.6) is 17.2 Å². The van der Waals surface area contributed by atoms with E-state index in [1.54, 1.807) is 6.92 Å². The molecule has 5 heteroatoms. The van der Waals surface area contributed by atoms with Crippen molar-refractivity contribution in [3.05, 3.63) is 53.1 Å². The molecule has 0 saturated heterocycles. The average molecular weight is 327 g/mol. The van der Waals surface area contributed by atoms with Gasteiger partial charge in [-0.25, -0.2) is 0 Å². The van der Waals surface area contributed by atoms with Crippen LogP contribution in [0.1, 0.15) is 23.6 Å². The van der Waals surface area contributed by atoms with E-state index < -0.39 is 6.10 Å². The number of amides is 1. The number of carbonyl (C=O) groups is 1. The van der Waals surface area contributed by atoms with Crippen LogP contribution in [-0.4, -0.2) is 18.8 Å². The number of aryl methyl sites for hydroxylation is 2. The van der Waals surface area contributed by atoms with Crippen LogP contribution in [-0.2, 0) is 11.3 Å². The molecule has 0 bridgehead atoms. The molecular formula is C19H21NO4. The Morgan fingerprint density at radius 3 is 2.75 bits per heavy atom. The van der Waals surface area contributed by atoms with Crippen molar-refractivity contribution in [3.63, 3.8) is 0 Å². The first kappa shape index (κ1) is 16.2. The van der Waals surface area contributed by atoms with Gasteiger partial charge in [-0.2, -0.15) is 0 Å². The Balaban J connectivity index is 1.56. The molecule has 0 fully saturated rings. The predicted molar refractivity (Wildman–Crippen MR) is 90.4 cm³/mol. The van der Waals surface area contributed by atoms with Gasteiger partial charge >= 0.3 is 0 Å². The average Bonchev–Trinajstić information content (AvgIpc) is 3.02. The zero-order valence-corrected chi connectivity index (χ0v) is 14.1. The summed E-state index contributed by atoms with van der Waals surface area (Å²) in [6.07, 6.45) is -0.569. The summed E-state index contributed by atoms with van der Waals surface area (Å²) in [5.74, 6) is 2.01. The second kappa shape index (κ2) is 6.83. The summed E-state index contributed by atoms with van der Waals surface area (Å²) < 4.78 is 16.4. The lowest BCUT2D eigenvalue weighted by Gasteiger charge is -2.16. The third-order valence-corrected chi connectivity index (χ3v) is 3.91. The molecule has 2 aromatic rings. The molecule has 0 aromatic heterocycles. The molecule has 0 saturated carbocycles. The number of carbonyl (C=O) groups excluding carboxylic acids is 1. The lowest BCUT2D eigenvalue weighted by Crippen LogP contribution is -2.36. The highest BCUT2D eigenvalue weighted by Gasteiger charge is 2.17. The van der Waals surface area contributed by atoms with Gasteiger partial charge in [-0.05, 0) is 50.1 Å². The van der Waals surface area contributed by atoms with E-state index in [1.807, 2.05) is 50.2 Å². The second-order valence-electron chi connectivity index (χ2n) is 5.93. The monoisotopic (exact) mass is 327 g/mol. The molecule has 0 radical (unpaired) electrons. The zero-order valence-electron chi connectivity index (χ0n) is 14.1. The van der Waals surface area contributed by atoms with E-state index in [1.165, 1.54) is 5.56 Å². The summed E-state index contributed by atoms with van der Waals surface area (Å²) >= 11 is 0. The minimum atomic E-state index is -0.569. The number of fused-ring (bicyclic) bond motifs is 1. The van der Waals surface area contributed by atoms with Crippen LogP contribution < -0.4 is 19.5 Å². The van der Waals surface area contributed by atoms with Gasteiger partial charge in [-0.3, -0.25) is 4.79 Å². The van der Waals surface area contributed by atoms with Crippen LogP contribution in [0.4, 0.5) is 0 Å². The third kappa shape index (κ3) is 3.62. The second-order valence-corrected chi connectivity index (χ2v) is 5.93. The molecule has 1 N–H and O–H groups in total. The molecule has 5 nitrogen and oxygen atoms in total. The van der Waals surface area contributed by atoms with Gasteiger partial charge in [0.05, 0.1) is 0 Å². The van der Waals surface area contributed by atoms with Gasteiger partial charge < -0.3 is 19.5 Å². The molecule has 0 aliphatic carbocycles. The van der Waals surface area contributed by atoms with Crippen molar-refractivity contribution in [2.24, 2.45) is 0 Å². The summed E-state index contributed by atoms with van der Waals surface area (Å²) in [5, 5.41) is 2.88. The molecular weight excluding hydrogens is 306 g/mol. The summed E-state index contributed by atoms with van der Waals surface area (Å²) in [5.41, 5.74) is 3.14. The third-order valence-electron chi connectivity index (χ3n) is 3.91. The van der Waals surface area contributed by atoms with Crippen LogP contribution in [0, 0.1) is 13.8 Å². The summed E-state index contributed by atoms with van der Waals surface area (Å²) in [4.78, 5) is 12.2. The van der Waals surface area contributed by atoms with Crippen LogP contribution in [0.25, 0.3) is 0 Å². The molecule has 1 aliphatic heterocycles. The lowest BCUT2D eigenvalue weighted by atomic mass is 10.1. The van der Waals surface area contributed by atoms with Crippen molar-refractivity contribution in [1.82, 2.24) is 5.32 Å². The van der Waals surface area contributed by atoms with E-state index in [9.17, 15) is 4.79 Å². The minimum absolute atomic E-state index is 0.160. The fraction of sp³-hybridized carbons (Fsp3) is 0.316. The maximum atomic E-state index is 12.2. The molecule has 3 rings (SSSR count). The minimum Gasteiger partial charge on any atom is -0.481 e. The van der Waals surface area contributed by atoms with Crippen molar-refractivity contribution in [1.29, 1.82) is 0 Å². The maximum absolute atomic E-state index is 12.2. The predicted octanol–water partition coefficient (Wildman–Crippen LogP) is 3.12. The van der Waals surface area contributed by atoms with Crippen LogP contribution >= 0.6 is 0 Å². The number of nitrogens with one attached hydrogen (secondary N) is 1. The molecule has 1 aliphatic rings. The van der Waals surface area contributed by atoms with Gasteiger partial charge in [0, 0.05) is 6.54 Å². The summed E-state index contributed by atoms with van der Waals surface area (Å²) in [6.45, 7) is 6.40. The normalized spacial score (nSPS) is 13.5. The fourth-order valence-electron chi connectivity index (χ4n) is 2.56. The van der Waals surface area contributed by atoms with Gasteiger partial charge in [0.25, 0.3) is 5.91 Å². The van der Waals surface area contributed by atoms with Crippen molar-refractivity contribution in [2.45, 2.75) is 33.4 Å². The number of ether oxygens (including phenoxy) is 3. The van der Waals surface area contributed by atoms with E-state index in [0.717, 1.165) is 22.6 Å². The topological polar surface area (TPSA) is 56.8 Å². The highest BCUT2D eigenvalue weighted by atomic mass is 16.7. The zero-order chi connectivity index (χ0) is 17.1. The largest absolute Gasteiger partial charge is 0.481 e. The van der Waals surface area contributed by atoms with Gasteiger partial charge in [-0.15, -0.1) is 0 Å². The number of hydrogen-bond donors (Lipinski definition) is 1. The number of benzene rings is 2. The molecule has 24 heavy (non-hydrogen) atoms. The van der Waals surface area contributed by atoms with Gasteiger partial charge in [-0.1, -0.05) is 23.8 Å². The van der Waals surface area contributed by atoms with E-state index in [2.05, 4.69) is 5.32 Å². The summed E-state index contributed by atoms with van der Waals surface area (Å²) in [7, 11) is 0. The maximum Gasteiger partial charge on any atom is 0.261 e. The number of hydrogen-bond acceptors (Lipinski definition) is 4. The van der Waals surface area contributed by atoms with E-state index in [4.69, 9.17) is 14.2 Å². The van der Waals surface area contributed by atoms with E-state index in [0.29, 0.717) is 12.3 Å². The molecule has 126 valence electrons. The SMILES string of the molecule is Cc1ccc(O[C@@H](C)C(=O)NCc2ccc3c(c2)OCO3)c(C)c1. The Morgan fingerprint density at radius 1 is 1.17 bits per heavy atom. The first-order valence-corrected chi connectivity index (χ1v) is 7.93. The van der Waals surface area contributed by atoms with Crippen LogP contribution in [0.2, 0.25) is 0 Å². The van der Waals surface area contributed by atoms with Crippen LogP contribution in [0.3, 0.4) is 0 Å². The van der Waals surface area contributed by atoms with Gasteiger partial charge in [0.15, 0.2) is 17.6 Å².